The highest BCUT2D eigenvalue weighted by Gasteiger charge is 2.25. The van der Waals surface area contributed by atoms with E-state index in [0.717, 1.165) is 0 Å². The number of fused-ring (bicyclic) bond motifs is 1. The van der Waals surface area contributed by atoms with Crippen molar-refractivity contribution >= 4 is 23.5 Å². The number of esters is 1. The van der Waals surface area contributed by atoms with Crippen molar-refractivity contribution in [1.82, 2.24) is 0 Å². The Morgan fingerprint density at radius 2 is 1.91 bits per heavy atom. The molecule has 1 heterocycles. The largest absolute Gasteiger partial charge is 0.422 e. The molecule has 6 nitrogen and oxygen atoms in total. The molecule has 3 rings (SSSR count). The molecule has 6 heteroatoms. The topological polar surface area (TPSA) is 93.2 Å². The fraction of sp³-hybridized carbons (Fsp3) is 0. The van der Waals surface area contributed by atoms with Gasteiger partial charge < -0.3 is 4.74 Å². The quantitative estimate of drug-likeness (QED) is 0.481. The van der Waals surface area contributed by atoms with E-state index in [1.54, 1.807) is 36.4 Å². The molecule has 2 aromatic carbocycles. The Kier molecular flexibility index (Phi) is 3.16. The van der Waals surface area contributed by atoms with Gasteiger partial charge in [0.05, 0.1) is 10.5 Å². The highest BCUT2D eigenvalue weighted by atomic mass is 16.6. The Morgan fingerprint density at radius 1 is 1.18 bits per heavy atom. The number of hydrogen-bond acceptors (Lipinski definition) is 5. The summed E-state index contributed by atoms with van der Waals surface area (Å²) in [5.74, 6) is -0.0809. The van der Waals surface area contributed by atoms with Gasteiger partial charge >= 0.3 is 5.97 Å². The average molecular weight is 292 g/mol. The molecule has 0 saturated heterocycles. The van der Waals surface area contributed by atoms with E-state index >= 15 is 0 Å². The van der Waals surface area contributed by atoms with E-state index in [0.29, 0.717) is 22.4 Å². The van der Waals surface area contributed by atoms with Crippen LogP contribution in [-0.2, 0) is 4.74 Å². The van der Waals surface area contributed by atoms with Crippen molar-refractivity contribution < 1.29 is 14.5 Å². The molecule has 0 saturated carbocycles. The number of nitriles is 1. The SMILES string of the molecule is N#Cc1cc(/C=C2\OC(=O)c3ccccc32)ccc1[N+](=O)[O-]. The number of nitro groups is 1. The summed E-state index contributed by atoms with van der Waals surface area (Å²) in [6, 6.07) is 12.9. The molecule has 0 aromatic heterocycles. The molecular weight excluding hydrogens is 284 g/mol. The summed E-state index contributed by atoms with van der Waals surface area (Å²) < 4.78 is 5.19. The maximum atomic E-state index is 11.7. The van der Waals surface area contributed by atoms with Crippen LogP contribution in [0, 0.1) is 21.4 Å². The maximum absolute atomic E-state index is 11.7. The summed E-state index contributed by atoms with van der Waals surface area (Å²) in [6.45, 7) is 0. The number of nitrogens with zero attached hydrogens (tertiary/aromatic N) is 2. The summed E-state index contributed by atoms with van der Waals surface area (Å²) in [4.78, 5) is 21.9. The lowest BCUT2D eigenvalue weighted by Gasteiger charge is -2.00. The molecule has 1 aliphatic heterocycles. The molecule has 0 unspecified atom stereocenters. The standard InChI is InChI=1S/C16H8N2O4/c17-9-11-7-10(5-6-14(11)18(20)21)8-15-12-3-1-2-4-13(12)16(19)22-15/h1-8H/b15-8-. The summed E-state index contributed by atoms with van der Waals surface area (Å²) in [7, 11) is 0. The minimum Gasteiger partial charge on any atom is -0.422 e. The van der Waals surface area contributed by atoms with Crippen LogP contribution >= 0.6 is 0 Å². The zero-order valence-corrected chi connectivity index (χ0v) is 11.1. The first-order valence-corrected chi connectivity index (χ1v) is 6.32. The zero-order valence-electron chi connectivity index (χ0n) is 11.1. The van der Waals surface area contributed by atoms with Crippen LogP contribution in [0.3, 0.4) is 0 Å². The van der Waals surface area contributed by atoms with Crippen molar-refractivity contribution in [1.29, 1.82) is 5.26 Å². The third-order valence-electron chi connectivity index (χ3n) is 3.25. The van der Waals surface area contributed by atoms with E-state index < -0.39 is 10.9 Å². The fourth-order valence-electron chi connectivity index (χ4n) is 2.24. The van der Waals surface area contributed by atoms with E-state index in [4.69, 9.17) is 10.00 Å². The Labute approximate surface area is 125 Å². The van der Waals surface area contributed by atoms with Crippen molar-refractivity contribution in [2.75, 3.05) is 0 Å². The minimum absolute atomic E-state index is 0.0445. The van der Waals surface area contributed by atoms with E-state index in [1.165, 1.54) is 18.2 Å². The second-order valence-electron chi connectivity index (χ2n) is 4.59. The van der Waals surface area contributed by atoms with Gasteiger partial charge in [-0.1, -0.05) is 18.2 Å². The van der Waals surface area contributed by atoms with Crippen LogP contribution < -0.4 is 0 Å². The van der Waals surface area contributed by atoms with Gasteiger partial charge in [-0.3, -0.25) is 10.1 Å². The molecule has 0 bridgehead atoms. The third-order valence-corrected chi connectivity index (χ3v) is 3.25. The predicted molar refractivity (Wildman–Crippen MR) is 77.5 cm³/mol. The summed E-state index contributed by atoms with van der Waals surface area (Å²) in [6.07, 6.45) is 1.58. The highest BCUT2D eigenvalue weighted by Crippen LogP contribution is 2.31. The van der Waals surface area contributed by atoms with Crippen LogP contribution in [-0.4, -0.2) is 10.9 Å². The molecule has 2 aromatic rings. The lowest BCUT2D eigenvalue weighted by atomic mass is 10.0. The number of carbonyl (C=O) groups is 1. The number of cyclic esters (lactones) is 1. The lowest BCUT2D eigenvalue weighted by Crippen LogP contribution is -1.93. The molecule has 0 amide bonds. The van der Waals surface area contributed by atoms with Gasteiger partial charge in [-0.25, -0.2) is 4.79 Å². The molecule has 0 N–H and O–H groups in total. The molecule has 0 fully saturated rings. The van der Waals surface area contributed by atoms with E-state index in [9.17, 15) is 14.9 Å². The van der Waals surface area contributed by atoms with Crippen LogP contribution in [0.1, 0.15) is 27.0 Å². The van der Waals surface area contributed by atoms with E-state index in [1.807, 2.05) is 0 Å². The Morgan fingerprint density at radius 3 is 2.59 bits per heavy atom. The van der Waals surface area contributed by atoms with Crippen LogP contribution in [0.5, 0.6) is 0 Å². The van der Waals surface area contributed by atoms with E-state index in [2.05, 4.69) is 0 Å². The van der Waals surface area contributed by atoms with Gasteiger partial charge in [-0.15, -0.1) is 0 Å². The van der Waals surface area contributed by atoms with Crippen molar-refractivity contribution in [2.24, 2.45) is 0 Å². The maximum Gasteiger partial charge on any atom is 0.344 e. The Hall–Kier alpha value is -3.46. The Bertz CT molecular complexity index is 878. The lowest BCUT2D eigenvalue weighted by molar-refractivity contribution is -0.385. The predicted octanol–water partition coefficient (Wildman–Crippen LogP) is 3.13. The monoisotopic (exact) mass is 292 g/mol. The van der Waals surface area contributed by atoms with E-state index in [-0.39, 0.29) is 11.3 Å². The molecule has 0 radical (unpaired) electrons. The van der Waals surface area contributed by atoms with Crippen molar-refractivity contribution in [3.63, 3.8) is 0 Å². The number of hydrogen-bond donors (Lipinski definition) is 0. The minimum atomic E-state index is -0.611. The molecule has 1 aliphatic rings. The Balaban J connectivity index is 2.06. The average Bonchev–Trinajstić information content (AvgIpc) is 2.83. The fourth-order valence-corrected chi connectivity index (χ4v) is 2.24. The van der Waals surface area contributed by atoms with Crippen LogP contribution in [0.2, 0.25) is 0 Å². The second kappa shape index (κ2) is 5.14. The molecule has 0 atom stereocenters. The van der Waals surface area contributed by atoms with Gasteiger partial charge in [0, 0.05) is 11.6 Å². The number of ether oxygens (including phenoxy) is 1. The molecule has 106 valence electrons. The van der Waals surface area contributed by atoms with Crippen molar-refractivity contribution in [3.05, 3.63) is 74.8 Å². The third kappa shape index (κ3) is 2.21. The molecule has 0 aliphatic carbocycles. The summed E-state index contributed by atoms with van der Waals surface area (Å²) in [5, 5.41) is 19.8. The smallest absolute Gasteiger partial charge is 0.344 e. The van der Waals surface area contributed by atoms with Gasteiger partial charge in [-0.2, -0.15) is 5.26 Å². The van der Waals surface area contributed by atoms with Gasteiger partial charge in [0.15, 0.2) is 0 Å². The van der Waals surface area contributed by atoms with Crippen LogP contribution in [0.25, 0.3) is 11.8 Å². The first-order chi connectivity index (χ1) is 10.6. The molecule has 22 heavy (non-hydrogen) atoms. The number of benzene rings is 2. The van der Waals surface area contributed by atoms with Crippen molar-refractivity contribution in [3.8, 4) is 6.07 Å². The van der Waals surface area contributed by atoms with Crippen LogP contribution in [0.4, 0.5) is 5.69 Å². The van der Waals surface area contributed by atoms with Crippen LogP contribution in [0.15, 0.2) is 42.5 Å². The van der Waals surface area contributed by atoms with Gasteiger partial charge in [0.2, 0.25) is 0 Å². The number of nitro benzene ring substituents is 1. The molecular formula is C16H8N2O4. The zero-order chi connectivity index (χ0) is 15.7. The second-order valence-corrected chi connectivity index (χ2v) is 4.59. The van der Waals surface area contributed by atoms with Gasteiger partial charge in [0.25, 0.3) is 5.69 Å². The first kappa shape index (κ1) is 13.5. The van der Waals surface area contributed by atoms with Gasteiger partial charge in [0.1, 0.15) is 17.4 Å². The van der Waals surface area contributed by atoms with Crippen molar-refractivity contribution in [2.45, 2.75) is 0 Å². The normalized spacial score (nSPS) is 14.3. The first-order valence-electron chi connectivity index (χ1n) is 6.32. The van der Waals surface area contributed by atoms with Gasteiger partial charge in [-0.05, 0) is 29.8 Å². The molecule has 0 spiro atoms. The highest BCUT2D eigenvalue weighted by molar-refractivity contribution is 6.05. The number of carbonyl (C=O) groups excluding carboxylic acids is 1. The number of rotatable bonds is 2. The summed E-state index contributed by atoms with van der Waals surface area (Å²) >= 11 is 0. The summed E-state index contributed by atoms with van der Waals surface area (Å²) in [5.41, 5.74) is 1.37.